The lowest BCUT2D eigenvalue weighted by molar-refractivity contribution is -0.163. The number of hydrogen-bond donors (Lipinski definition) is 2. The lowest BCUT2D eigenvalue weighted by atomic mass is 9.48. The highest BCUT2D eigenvalue weighted by atomic mass is 19.4. The summed E-state index contributed by atoms with van der Waals surface area (Å²) in [5.41, 5.74) is -2.76. The maximum Gasteiger partial charge on any atom is 0.434 e. The first-order chi connectivity index (χ1) is 24.6. The molecule has 0 spiro atoms. The number of carbonyl (C=O) groups is 2. The van der Waals surface area contributed by atoms with Crippen molar-refractivity contribution in [3.8, 4) is 17.1 Å². The molecule has 9 rings (SSSR count). The number of nitrogens with one attached hydrogen (secondary N) is 1. The van der Waals surface area contributed by atoms with Crippen molar-refractivity contribution < 1.29 is 41.4 Å². The molecule has 1 amide bonds. The van der Waals surface area contributed by atoms with Crippen molar-refractivity contribution in [2.75, 3.05) is 13.1 Å². The number of aromatic nitrogens is 3. The Bertz CT molecular complexity index is 1850. The summed E-state index contributed by atoms with van der Waals surface area (Å²) < 4.78 is 79.1. The molecule has 1 atom stereocenters. The molecule has 9 nitrogen and oxygen atoms in total. The molecule has 0 radical (unpaired) electrons. The van der Waals surface area contributed by atoms with Crippen molar-refractivity contribution in [3.63, 3.8) is 0 Å². The number of fused-ring (bicyclic) bond motifs is 1. The van der Waals surface area contributed by atoms with Crippen molar-refractivity contribution in [2.24, 2.45) is 23.7 Å². The number of aliphatic carboxylic acids is 1. The quantitative estimate of drug-likeness (QED) is 0.217. The van der Waals surface area contributed by atoms with E-state index in [4.69, 9.17) is 4.74 Å². The Morgan fingerprint density at radius 2 is 1.69 bits per heavy atom. The SMILES string of the molecule is CCC(C)n1cc(-c2ncc(C(=O)NC3(C(=O)O)C4CC5CC(C4)CC3C5)c(C(F)(F)F)n2)c2ccc(O[C@H]3CC[C@H](N4CC(F)(F)C4)CC3)cc21. The van der Waals surface area contributed by atoms with Gasteiger partial charge < -0.3 is 19.7 Å². The van der Waals surface area contributed by atoms with Gasteiger partial charge in [-0.15, -0.1) is 0 Å². The van der Waals surface area contributed by atoms with Crippen LogP contribution in [-0.4, -0.2) is 73.1 Å². The second-order valence-corrected chi connectivity index (χ2v) is 16.1. The second-order valence-electron chi connectivity index (χ2n) is 16.1. The maximum atomic E-state index is 14.7. The Labute approximate surface area is 298 Å². The van der Waals surface area contributed by atoms with Crippen LogP contribution in [0.4, 0.5) is 22.0 Å². The largest absolute Gasteiger partial charge is 0.490 e. The predicted molar refractivity (Wildman–Crippen MR) is 181 cm³/mol. The van der Waals surface area contributed by atoms with Crippen LogP contribution in [-0.2, 0) is 11.0 Å². The Morgan fingerprint density at radius 1 is 1.04 bits per heavy atom. The van der Waals surface area contributed by atoms with Gasteiger partial charge in [0.25, 0.3) is 11.8 Å². The fourth-order valence-electron chi connectivity index (χ4n) is 10.3. The lowest BCUT2D eigenvalue weighted by Crippen LogP contribution is -2.70. The number of carboxylic acids is 1. The third-order valence-corrected chi connectivity index (χ3v) is 12.8. The van der Waals surface area contributed by atoms with Crippen molar-refractivity contribution in [1.82, 2.24) is 24.8 Å². The number of carboxylic acid groups (broad SMARTS) is 1. The highest BCUT2D eigenvalue weighted by Gasteiger charge is 2.62. The molecule has 280 valence electrons. The number of amides is 1. The smallest absolute Gasteiger partial charge is 0.434 e. The van der Waals surface area contributed by atoms with Gasteiger partial charge >= 0.3 is 12.1 Å². The first-order valence-electron chi connectivity index (χ1n) is 18.6. The average Bonchev–Trinajstić information content (AvgIpc) is 3.46. The van der Waals surface area contributed by atoms with Gasteiger partial charge in [-0.05, 0) is 107 Å². The van der Waals surface area contributed by atoms with Crippen LogP contribution in [0, 0.1) is 23.7 Å². The Kier molecular flexibility index (Phi) is 8.58. The van der Waals surface area contributed by atoms with E-state index in [0.717, 1.165) is 50.2 Å². The van der Waals surface area contributed by atoms with Crippen molar-refractivity contribution in [2.45, 2.75) is 114 Å². The summed E-state index contributed by atoms with van der Waals surface area (Å²) in [6.07, 6.45) is 4.80. The van der Waals surface area contributed by atoms with Gasteiger partial charge in [-0.3, -0.25) is 9.69 Å². The van der Waals surface area contributed by atoms with Crippen molar-refractivity contribution in [3.05, 3.63) is 41.9 Å². The molecule has 6 fully saturated rings. The monoisotopic (exact) mass is 729 g/mol. The van der Waals surface area contributed by atoms with E-state index in [9.17, 15) is 36.6 Å². The molecule has 2 N–H and O–H groups in total. The number of ether oxygens (including phenoxy) is 1. The van der Waals surface area contributed by atoms with Gasteiger partial charge in [0.1, 0.15) is 11.3 Å². The summed E-state index contributed by atoms with van der Waals surface area (Å²) in [4.78, 5) is 36.6. The Morgan fingerprint density at radius 3 is 2.27 bits per heavy atom. The van der Waals surface area contributed by atoms with Crippen molar-refractivity contribution in [1.29, 1.82) is 0 Å². The number of rotatable bonds is 9. The molecule has 1 saturated heterocycles. The summed E-state index contributed by atoms with van der Waals surface area (Å²) in [5.74, 6) is -4.44. The van der Waals surface area contributed by atoms with Crippen molar-refractivity contribution >= 4 is 22.8 Å². The Balaban J connectivity index is 1.07. The minimum Gasteiger partial charge on any atom is -0.490 e. The first kappa shape index (κ1) is 35.2. The average molecular weight is 730 g/mol. The highest BCUT2D eigenvalue weighted by Crippen LogP contribution is 2.58. The molecule has 6 aliphatic rings. The number of likely N-dealkylation sites (tertiary alicyclic amines) is 1. The summed E-state index contributed by atoms with van der Waals surface area (Å²) >= 11 is 0. The number of carbonyl (C=O) groups excluding carboxylic acids is 1. The van der Waals surface area contributed by atoms with E-state index in [1.54, 1.807) is 18.3 Å². The molecule has 5 saturated carbocycles. The molecule has 14 heteroatoms. The first-order valence-corrected chi connectivity index (χ1v) is 18.6. The predicted octanol–water partition coefficient (Wildman–Crippen LogP) is 7.74. The number of alkyl halides is 5. The minimum atomic E-state index is -5.02. The zero-order valence-electron chi connectivity index (χ0n) is 29.3. The highest BCUT2D eigenvalue weighted by molar-refractivity contribution is 6.00. The van der Waals surface area contributed by atoms with Gasteiger partial charge in [0.05, 0.1) is 30.3 Å². The van der Waals surface area contributed by atoms with E-state index in [1.165, 1.54) is 0 Å². The van der Waals surface area contributed by atoms with Crippen LogP contribution in [0.1, 0.15) is 100 Å². The van der Waals surface area contributed by atoms with Crippen LogP contribution >= 0.6 is 0 Å². The van der Waals surface area contributed by atoms with Gasteiger partial charge in [0, 0.05) is 41.5 Å². The molecule has 5 aliphatic carbocycles. The number of nitrogens with zero attached hydrogens (tertiary/aromatic N) is 4. The molecule has 1 aromatic carbocycles. The van der Waals surface area contributed by atoms with E-state index in [0.29, 0.717) is 54.2 Å². The Hall–Kier alpha value is -3.81. The van der Waals surface area contributed by atoms with Gasteiger partial charge in [0.2, 0.25) is 0 Å². The van der Waals surface area contributed by atoms with E-state index in [1.807, 2.05) is 29.4 Å². The lowest BCUT2D eigenvalue weighted by Gasteiger charge is -2.59. The van der Waals surface area contributed by atoms with Crippen LogP contribution < -0.4 is 10.1 Å². The maximum absolute atomic E-state index is 14.7. The second kappa shape index (κ2) is 12.7. The molecule has 52 heavy (non-hydrogen) atoms. The molecule has 1 aliphatic heterocycles. The minimum absolute atomic E-state index is 0.0306. The zero-order chi connectivity index (χ0) is 36.7. The summed E-state index contributed by atoms with van der Waals surface area (Å²) in [7, 11) is 0. The molecule has 2 aromatic heterocycles. The number of benzene rings is 1. The molecule has 4 bridgehead atoms. The third-order valence-electron chi connectivity index (χ3n) is 12.8. The van der Waals surface area contributed by atoms with Crippen LogP contribution in [0.5, 0.6) is 5.75 Å². The van der Waals surface area contributed by atoms with E-state index in [-0.39, 0.29) is 48.9 Å². The standard InChI is InChI=1S/C38H44F5N5O4/c1-3-20(2)48-17-30(28-9-8-27(15-31(28)48)52-26-6-4-25(5-7-26)47-18-36(39,40)19-47)33-44-16-29(32(45-33)38(41,42)43)34(49)46-37(35(50)51)23-11-21-10-22(13-23)14-24(37)12-21/h8-9,15-17,20-26H,3-7,10-14,18-19H2,1-2H3,(H,46,49)(H,50,51)/t20?,21?,22?,23?,24?,25-,26-,37?. The fourth-order valence-corrected chi connectivity index (χ4v) is 10.3. The van der Waals surface area contributed by atoms with Gasteiger partial charge in [0.15, 0.2) is 11.5 Å². The van der Waals surface area contributed by atoms with Crippen LogP contribution in [0.25, 0.3) is 22.3 Å². The molecule has 3 aromatic rings. The van der Waals surface area contributed by atoms with Gasteiger partial charge in [-0.1, -0.05) is 6.92 Å². The van der Waals surface area contributed by atoms with Gasteiger partial charge in [-0.2, -0.15) is 13.2 Å². The number of hydrogen-bond acceptors (Lipinski definition) is 6. The third kappa shape index (κ3) is 6.02. The molecular weight excluding hydrogens is 685 g/mol. The van der Waals surface area contributed by atoms with Crippen LogP contribution in [0.2, 0.25) is 0 Å². The topological polar surface area (TPSA) is 110 Å². The fraction of sp³-hybridized carbons (Fsp3) is 0.632. The van der Waals surface area contributed by atoms with E-state index < -0.39 is 40.8 Å². The summed E-state index contributed by atoms with van der Waals surface area (Å²) in [6, 6.07) is 5.49. The molecular formula is C38H44F5N5O4. The van der Waals surface area contributed by atoms with Crippen LogP contribution in [0.3, 0.4) is 0 Å². The van der Waals surface area contributed by atoms with E-state index in [2.05, 4.69) is 15.3 Å². The van der Waals surface area contributed by atoms with Gasteiger partial charge in [-0.25, -0.2) is 23.5 Å². The molecule has 1 unspecified atom stereocenters. The van der Waals surface area contributed by atoms with Crippen LogP contribution in [0.15, 0.2) is 30.6 Å². The van der Waals surface area contributed by atoms with E-state index >= 15 is 0 Å². The summed E-state index contributed by atoms with van der Waals surface area (Å²) in [6.45, 7) is 3.62. The number of halogens is 5. The zero-order valence-corrected chi connectivity index (χ0v) is 29.3. The molecule has 3 heterocycles. The normalized spacial score (nSPS) is 31.7. The summed E-state index contributed by atoms with van der Waals surface area (Å²) in [5, 5.41) is 13.7.